The van der Waals surface area contributed by atoms with Gasteiger partial charge in [0.05, 0.1) is 28.2 Å². The smallest absolute Gasteiger partial charge is 0.337 e. The second-order valence-electron chi connectivity index (χ2n) is 4.16. The highest BCUT2D eigenvalue weighted by Crippen LogP contribution is 2.42. The molecule has 1 aliphatic heterocycles. The van der Waals surface area contributed by atoms with E-state index in [-0.39, 0.29) is 16.2 Å². The Morgan fingerprint density at radius 3 is 2.71 bits per heavy atom. The fourth-order valence-electron chi connectivity index (χ4n) is 1.97. The van der Waals surface area contributed by atoms with E-state index in [0.29, 0.717) is 5.56 Å². The van der Waals surface area contributed by atoms with Crippen LogP contribution < -0.4 is 0 Å². The molecule has 0 saturated carbocycles. The van der Waals surface area contributed by atoms with Gasteiger partial charge in [-0.2, -0.15) is 0 Å². The number of methoxy groups -OCH3 is 1. The molecule has 0 spiro atoms. The van der Waals surface area contributed by atoms with Crippen molar-refractivity contribution in [3.8, 4) is 0 Å². The quantitative estimate of drug-likeness (QED) is 0.578. The summed E-state index contributed by atoms with van der Waals surface area (Å²) in [6.07, 6.45) is 0. The lowest BCUT2D eigenvalue weighted by molar-refractivity contribution is 0.0600. The largest absolute Gasteiger partial charge is 0.465 e. The molecular weight excluding hydrogens is 264 g/mol. The van der Waals surface area contributed by atoms with Crippen LogP contribution in [0, 0.1) is 0 Å². The molecular formula is C11H11ClO4S. The monoisotopic (exact) mass is 274 g/mol. The van der Waals surface area contributed by atoms with Crippen LogP contribution in [0.5, 0.6) is 0 Å². The van der Waals surface area contributed by atoms with Crippen LogP contribution in [0.1, 0.15) is 22.8 Å². The first-order valence-corrected chi connectivity index (χ1v) is 6.95. The van der Waals surface area contributed by atoms with Gasteiger partial charge in [0.15, 0.2) is 9.84 Å². The van der Waals surface area contributed by atoms with E-state index in [1.165, 1.54) is 19.2 Å². The molecule has 1 aromatic carbocycles. The summed E-state index contributed by atoms with van der Waals surface area (Å²) in [5.41, 5.74) is 0.746. The first-order valence-electron chi connectivity index (χ1n) is 4.92. The van der Waals surface area contributed by atoms with Crippen LogP contribution in [-0.2, 0) is 19.4 Å². The van der Waals surface area contributed by atoms with Gasteiger partial charge in [-0.1, -0.05) is 6.07 Å². The maximum Gasteiger partial charge on any atom is 0.337 e. The molecule has 1 atom stereocenters. The van der Waals surface area contributed by atoms with E-state index in [9.17, 15) is 13.2 Å². The number of sulfone groups is 1. The number of fused-ring (bicyclic) bond motifs is 1. The van der Waals surface area contributed by atoms with E-state index in [2.05, 4.69) is 4.74 Å². The van der Waals surface area contributed by atoms with Crippen LogP contribution in [-0.4, -0.2) is 27.2 Å². The van der Waals surface area contributed by atoms with E-state index < -0.39 is 20.7 Å². The van der Waals surface area contributed by atoms with Gasteiger partial charge in [-0.25, -0.2) is 13.2 Å². The first kappa shape index (κ1) is 12.4. The summed E-state index contributed by atoms with van der Waals surface area (Å²) < 4.78 is 28.3. The van der Waals surface area contributed by atoms with E-state index in [4.69, 9.17) is 11.6 Å². The predicted molar refractivity (Wildman–Crippen MR) is 63.0 cm³/mol. The zero-order chi connectivity index (χ0) is 12.8. The number of benzene rings is 1. The molecule has 2 rings (SSSR count). The Morgan fingerprint density at radius 1 is 1.47 bits per heavy atom. The van der Waals surface area contributed by atoms with E-state index in [0.717, 1.165) is 0 Å². The van der Waals surface area contributed by atoms with Gasteiger partial charge < -0.3 is 4.74 Å². The summed E-state index contributed by atoms with van der Waals surface area (Å²) in [5.74, 6) is -0.715. The minimum atomic E-state index is -3.42. The van der Waals surface area contributed by atoms with Gasteiger partial charge in [0.1, 0.15) is 0 Å². The minimum Gasteiger partial charge on any atom is -0.465 e. The van der Waals surface area contributed by atoms with Gasteiger partial charge >= 0.3 is 5.97 Å². The number of hydrogen-bond acceptors (Lipinski definition) is 4. The Bertz CT molecular complexity index is 589. The average Bonchev–Trinajstić information content (AvgIpc) is 2.43. The highest BCUT2D eigenvalue weighted by atomic mass is 35.5. The number of rotatable bonds is 1. The van der Waals surface area contributed by atoms with Crippen molar-refractivity contribution in [1.82, 2.24) is 0 Å². The van der Waals surface area contributed by atoms with Crippen molar-refractivity contribution in [2.75, 3.05) is 12.9 Å². The average molecular weight is 275 g/mol. The third kappa shape index (κ3) is 1.93. The third-order valence-electron chi connectivity index (χ3n) is 2.76. The van der Waals surface area contributed by atoms with Crippen LogP contribution in [0.25, 0.3) is 0 Å². The second kappa shape index (κ2) is 3.71. The number of carbonyl (C=O) groups is 1. The summed E-state index contributed by atoms with van der Waals surface area (Å²) in [6, 6.07) is 4.41. The van der Waals surface area contributed by atoms with Crippen molar-refractivity contribution in [1.29, 1.82) is 0 Å². The van der Waals surface area contributed by atoms with Gasteiger partial charge in [-0.15, -0.1) is 11.6 Å². The number of alkyl halides is 1. The van der Waals surface area contributed by atoms with E-state index >= 15 is 0 Å². The Balaban J connectivity index is 2.65. The van der Waals surface area contributed by atoms with Gasteiger partial charge in [0, 0.05) is 0 Å². The third-order valence-corrected chi connectivity index (χ3v) is 5.22. The molecule has 0 fully saturated rings. The van der Waals surface area contributed by atoms with Crippen LogP contribution in [0.15, 0.2) is 23.1 Å². The molecule has 4 nitrogen and oxygen atoms in total. The molecule has 0 saturated heterocycles. The number of carbonyl (C=O) groups excluding carboxylic acids is 1. The molecule has 1 aromatic rings. The maximum absolute atomic E-state index is 11.9. The van der Waals surface area contributed by atoms with Crippen LogP contribution in [0.4, 0.5) is 0 Å². The Hall–Kier alpha value is -1.07. The lowest BCUT2D eigenvalue weighted by atomic mass is 10.0. The van der Waals surface area contributed by atoms with E-state index in [1.54, 1.807) is 13.0 Å². The zero-order valence-electron chi connectivity index (χ0n) is 9.36. The Morgan fingerprint density at radius 2 is 2.12 bits per heavy atom. The number of halogens is 1. The lowest BCUT2D eigenvalue weighted by Crippen LogP contribution is -2.15. The number of ether oxygens (including phenoxy) is 1. The summed E-state index contributed by atoms with van der Waals surface area (Å²) in [4.78, 5) is 10.5. The molecule has 1 aliphatic rings. The molecule has 0 aliphatic carbocycles. The Kier molecular flexibility index (Phi) is 2.71. The van der Waals surface area contributed by atoms with E-state index in [1.807, 2.05) is 0 Å². The maximum atomic E-state index is 11.9. The van der Waals surface area contributed by atoms with Crippen LogP contribution in [0.2, 0.25) is 0 Å². The predicted octanol–water partition coefficient (Wildman–Crippen LogP) is 1.71. The summed E-state index contributed by atoms with van der Waals surface area (Å²) in [5, 5.41) is 0. The van der Waals surface area contributed by atoms with Crippen molar-refractivity contribution in [3.63, 3.8) is 0 Å². The highest BCUT2D eigenvalue weighted by molar-refractivity contribution is 7.92. The molecule has 0 amide bonds. The zero-order valence-corrected chi connectivity index (χ0v) is 10.9. The van der Waals surface area contributed by atoms with Crippen molar-refractivity contribution in [3.05, 3.63) is 29.3 Å². The van der Waals surface area contributed by atoms with Gasteiger partial charge in [0.2, 0.25) is 0 Å². The van der Waals surface area contributed by atoms with Crippen LogP contribution >= 0.6 is 11.6 Å². The molecule has 0 aromatic heterocycles. The molecule has 0 N–H and O–H groups in total. The Labute approximate surface area is 104 Å². The normalized spacial score (nSPS) is 25.4. The summed E-state index contributed by atoms with van der Waals surface area (Å²) in [6.45, 7) is 1.65. The summed E-state index contributed by atoms with van der Waals surface area (Å²) in [7, 11) is -2.17. The molecule has 17 heavy (non-hydrogen) atoms. The standard InChI is InChI=1S/C11H11ClO4S/c1-11(12)6-17(14,15)9-5-7(10(13)16-2)3-4-8(9)11/h3-5H,6H2,1-2H3. The SMILES string of the molecule is COC(=O)c1ccc2c(c1)S(=O)(=O)CC2(C)Cl. The molecule has 92 valence electrons. The van der Waals surface area contributed by atoms with Gasteiger partial charge in [0.25, 0.3) is 0 Å². The molecule has 0 radical (unpaired) electrons. The fraction of sp³-hybridized carbons (Fsp3) is 0.364. The van der Waals surface area contributed by atoms with Crippen molar-refractivity contribution < 1.29 is 17.9 Å². The molecule has 1 unspecified atom stereocenters. The topological polar surface area (TPSA) is 60.4 Å². The summed E-state index contributed by atoms with van der Waals surface area (Å²) >= 11 is 6.15. The second-order valence-corrected chi connectivity index (χ2v) is 6.95. The lowest BCUT2D eigenvalue weighted by Gasteiger charge is -2.13. The van der Waals surface area contributed by atoms with Crippen molar-refractivity contribution in [2.24, 2.45) is 0 Å². The number of esters is 1. The van der Waals surface area contributed by atoms with Gasteiger partial charge in [-0.3, -0.25) is 0 Å². The van der Waals surface area contributed by atoms with Gasteiger partial charge in [-0.05, 0) is 24.6 Å². The van der Waals surface area contributed by atoms with Crippen LogP contribution in [0.3, 0.4) is 0 Å². The molecule has 6 heteroatoms. The minimum absolute atomic E-state index is 0.123. The number of hydrogen-bond donors (Lipinski definition) is 0. The molecule has 0 bridgehead atoms. The fourth-order valence-corrected chi connectivity index (χ4v) is 4.58. The molecule has 1 heterocycles. The highest BCUT2D eigenvalue weighted by Gasteiger charge is 2.42. The van der Waals surface area contributed by atoms with Crippen molar-refractivity contribution >= 4 is 27.4 Å². The van der Waals surface area contributed by atoms with Crippen molar-refractivity contribution in [2.45, 2.75) is 16.7 Å². The first-order chi connectivity index (χ1) is 7.78.